The van der Waals surface area contributed by atoms with E-state index >= 15 is 0 Å². The largest absolute Gasteiger partial charge is 0.475 e. The highest BCUT2D eigenvalue weighted by molar-refractivity contribution is 7.98. The number of carboxylic acid groups (broad SMARTS) is 1. The lowest BCUT2D eigenvalue weighted by molar-refractivity contribution is -0.196. The Balaban J connectivity index is 1.48. The van der Waals surface area contributed by atoms with Gasteiger partial charge < -0.3 is 19.3 Å². The molecule has 1 aliphatic heterocycles. The normalized spacial score (nSPS) is 17.0. The van der Waals surface area contributed by atoms with E-state index < -0.39 is 29.5 Å². The number of carbonyl (C=O) groups is 2. The molecule has 4 rings (SSSR count). The number of nitrogens with zero attached hydrogens (tertiary/aromatic N) is 1. The van der Waals surface area contributed by atoms with Crippen molar-refractivity contribution in [1.82, 2.24) is 4.98 Å². The summed E-state index contributed by atoms with van der Waals surface area (Å²) in [5.41, 5.74) is 0.624. The maximum absolute atomic E-state index is 12.8. The molecule has 0 saturated heterocycles. The van der Waals surface area contributed by atoms with Crippen molar-refractivity contribution < 1.29 is 42.1 Å². The van der Waals surface area contributed by atoms with Crippen molar-refractivity contribution in [2.45, 2.75) is 29.5 Å². The van der Waals surface area contributed by atoms with E-state index in [-0.39, 0.29) is 11.5 Å². The van der Waals surface area contributed by atoms with Crippen LogP contribution in [0.2, 0.25) is 0 Å². The van der Waals surface area contributed by atoms with Crippen LogP contribution >= 0.6 is 23.1 Å². The summed E-state index contributed by atoms with van der Waals surface area (Å²) in [7, 11) is 1.03. The molecule has 178 valence electrons. The number of aryl methyl sites for hydroxylation is 1. The number of alkyl halides is 3. The molecule has 12 heteroatoms. The Morgan fingerprint density at radius 3 is 2.44 bits per heavy atom. The summed E-state index contributed by atoms with van der Waals surface area (Å²) >= 11 is 2.79. The molecular formula is C22H16F3NO6S2. The molecule has 1 unspecified atom stereocenters. The number of hydrogen-bond donors (Lipinski definition) is 1. The average Bonchev–Trinajstić information content (AvgIpc) is 3.37. The molecule has 0 fully saturated rings. The molecule has 7 nitrogen and oxygen atoms in total. The zero-order valence-electron chi connectivity index (χ0n) is 17.6. The molecule has 2 heterocycles. The second-order valence-electron chi connectivity index (χ2n) is 7.12. The maximum atomic E-state index is 12.8. The lowest BCUT2D eigenvalue weighted by Crippen LogP contribution is -2.54. The van der Waals surface area contributed by atoms with E-state index in [2.05, 4.69) is 9.72 Å². The minimum Gasteiger partial charge on any atom is -0.475 e. The van der Waals surface area contributed by atoms with Gasteiger partial charge in [-0.15, -0.1) is 23.1 Å². The van der Waals surface area contributed by atoms with E-state index in [1.807, 2.05) is 6.92 Å². The monoisotopic (exact) mass is 511 g/mol. The Hall–Kier alpha value is -3.25. The fourth-order valence-electron chi connectivity index (χ4n) is 3.10. The van der Waals surface area contributed by atoms with E-state index in [0.29, 0.717) is 16.3 Å². The van der Waals surface area contributed by atoms with Gasteiger partial charge in [0.25, 0.3) is 0 Å². The van der Waals surface area contributed by atoms with Gasteiger partial charge in [-0.05, 0) is 37.3 Å². The molecule has 2 aromatic carbocycles. The molecule has 0 radical (unpaired) electrons. The van der Waals surface area contributed by atoms with Crippen LogP contribution in [0.4, 0.5) is 13.2 Å². The second-order valence-corrected chi connectivity index (χ2v) is 9.25. The van der Waals surface area contributed by atoms with E-state index in [1.54, 1.807) is 12.1 Å². The van der Waals surface area contributed by atoms with Crippen LogP contribution in [0, 0.1) is 6.92 Å². The topological polar surface area (TPSA) is 95.0 Å². The third-order valence-electron chi connectivity index (χ3n) is 4.88. The molecule has 1 aliphatic rings. The number of carbonyl (C=O) groups excluding carboxylic acids is 1. The van der Waals surface area contributed by atoms with Crippen LogP contribution in [0.15, 0.2) is 47.4 Å². The molecule has 0 amide bonds. The SMILES string of the molecule is COC(=O)C1(C(=O)O)Oc2ccc(SCc3sc(-c4ccc(C(F)(F)F)cc4)nc3C)cc2O1. The first-order chi connectivity index (χ1) is 16.0. The Morgan fingerprint density at radius 1 is 1.15 bits per heavy atom. The number of methoxy groups -OCH3 is 1. The van der Waals surface area contributed by atoms with Crippen molar-refractivity contribution in [3.63, 3.8) is 0 Å². The zero-order valence-corrected chi connectivity index (χ0v) is 19.3. The van der Waals surface area contributed by atoms with Gasteiger partial charge in [0.05, 0.1) is 18.4 Å². The molecule has 1 N–H and O–H groups in total. The van der Waals surface area contributed by atoms with Crippen LogP contribution < -0.4 is 9.47 Å². The number of ether oxygens (including phenoxy) is 3. The smallest absolute Gasteiger partial charge is 0.453 e. The van der Waals surface area contributed by atoms with Crippen molar-refractivity contribution in [3.8, 4) is 22.1 Å². The van der Waals surface area contributed by atoms with Gasteiger partial charge in [0.15, 0.2) is 11.5 Å². The molecule has 0 saturated carbocycles. The highest BCUT2D eigenvalue weighted by atomic mass is 32.2. The van der Waals surface area contributed by atoms with Gasteiger partial charge in [-0.25, -0.2) is 14.6 Å². The van der Waals surface area contributed by atoms with Crippen LogP contribution in [-0.4, -0.2) is 34.9 Å². The number of aromatic nitrogens is 1. The van der Waals surface area contributed by atoms with Gasteiger partial charge in [0, 0.05) is 21.1 Å². The minimum atomic E-state index is -4.40. The third kappa shape index (κ3) is 4.42. The Labute approximate surface area is 199 Å². The minimum absolute atomic E-state index is 0.0873. The zero-order chi connectivity index (χ0) is 24.7. The van der Waals surface area contributed by atoms with E-state index in [4.69, 9.17) is 9.47 Å². The van der Waals surface area contributed by atoms with Gasteiger partial charge in [0.1, 0.15) is 5.01 Å². The number of halogens is 3. The van der Waals surface area contributed by atoms with Gasteiger partial charge in [-0.1, -0.05) is 12.1 Å². The quantitative estimate of drug-likeness (QED) is 0.276. The first-order valence-electron chi connectivity index (χ1n) is 9.64. The first kappa shape index (κ1) is 23.9. The van der Waals surface area contributed by atoms with Crippen molar-refractivity contribution in [3.05, 3.63) is 58.6 Å². The van der Waals surface area contributed by atoms with Crippen LogP contribution in [0.3, 0.4) is 0 Å². The summed E-state index contributed by atoms with van der Waals surface area (Å²) in [5.74, 6) is -4.74. The highest BCUT2D eigenvalue weighted by Crippen LogP contribution is 2.43. The Bertz CT molecular complexity index is 1260. The number of carboxylic acids is 1. The average molecular weight is 511 g/mol. The summed E-state index contributed by atoms with van der Waals surface area (Å²) in [4.78, 5) is 29.7. The maximum Gasteiger partial charge on any atom is 0.453 e. The van der Waals surface area contributed by atoms with Crippen LogP contribution in [0.5, 0.6) is 11.5 Å². The summed E-state index contributed by atoms with van der Waals surface area (Å²) in [6.45, 7) is 1.82. The van der Waals surface area contributed by atoms with E-state index in [9.17, 15) is 27.9 Å². The number of thioether (sulfide) groups is 1. The molecule has 3 aromatic rings. The number of esters is 1. The van der Waals surface area contributed by atoms with Gasteiger partial charge in [0.2, 0.25) is 0 Å². The molecule has 0 spiro atoms. The summed E-state index contributed by atoms with van der Waals surface area (Å²) in [6, 6.07) is 9.59. The number of benzene rings is 2. The van der Waals surface area contributed by atoms with Gasteiger partial charge in [-0.3, -0.25) is 0 Å². The first-order valence-corrected chi connectivity index (χ1v) is 11.4. The summed E-state index contributed by atoms with van der Waals surface area (Å²) in [5, 5.41) is 10.0. The number of thiazole rings is 1. The van der Waals surface area contributed by atoms with Crippen LogP contribution in [0.1, 0.15) is 16.1 Å². The van der Waals surface area contributed by atoms with Crippen LogP contribution in [-0.2, 0) is 26.3 Å². The molecule has 1 atom stereocenters. The molecule has 34 heavy (non-hydrogen) atoms. The Morgan fingerprint density at radius 2 is 1.82 bits per heavy atom. The fourth-order valence-corrected chi connectivity index (χ4v) is 5.24. The predicted octanol–water partition coefficient (Wildman–Crippen LogP) is 5.15. The second kappa shape index (κ2) is 8.84. The summed E-state index contributed by atoms with van der Waals surface area (Å²) < 4.78 is 53.4. The molecular weight excluding hydrogens is 495 g/mol. The lowest BCUT2D eigenvalue weighted by atomic mass is 10.1. The van der Waals surface area contributed by atoms with Crippen LogP contribution in [0.25, 0.3) is 10.6 Å². The van der Waals surface area contributed by atoms with Crippen molar-refractivity contribution in [2.75, 3.05) is 7.11 Å². The number of aliphatic carboxylic acids is 1. The summed E-state index contributed by atoms with van der Waals surface area (Å²) in [6.07, 6.45) is -4.40. The molecule has 0 aliphatic carbocycles. The molecule has 0 bridgehead atoms. The van der Waals surface area contributed by atoms with Gasteiger partial charge in [-0.2, -0.15) is 13.2 Å². The third-order valence-corrected chi connectivity index (χ3v) is 7.29. The number of rotatable bonds is 6. The van der Waals surface area contributed by atoms with E-state index in [1.165, 1.54) is 41.3 Å². The molecule has 1 aromatic heterocycles. The van der Waals surface area contributed by atoms with Crippen molar-refractivity contribution in [1.29, 1.82) is 0 Å². The van der Waals surface area contributed by atoms with Gasteiger partial charge >= 0.3 is 23.9 Å². The van der Waals surface area contributed by atoms with Crippen molar-refractivity contribution in [2.24, 2.45) is 0 Å². The standard InChI is InChI=1S/C22H16F3NO6S2/c1-11-17(34-18(26-11)12-3-5-13(6-4-12)22(23,24)25)10-33-14-7-8-15-16(9-14)32-21(31-15,19(27)28)20(29)30-2/h3-9H,10H2,1-2H3,(H,27,28). The number of hydrogen-bond acceptors (Lipinski definition) is 8. The predicted molar refractivity (Wildman–Crippen MR) is 117 cm³/mol. The van der Waals surface area contributed by atoms with E-state index in [0.717, 1.165) is 34.7 Å². The fraction of sp³-hybridized carbons (Fsp3) is 0.227. The number of fused-ring (bicyclic) bond motifs is 1. The Kier molecular flexibility index (Phi) is 6.21. The van der Waals surface area contributed by atoms with Crippen molar-refractivity contribution >= 4 is 35.0 Å². The lowest BCUT2D eigenvalue weighted by Gasteiger charge is -2.19. The highest BCUT2D eigenvalue weighted by Gasteiger charge is 2.58.